The second-order valence-electron chi connectivity index (χ2n) is 7.49. The molecule has 1 N–H and O–H groups in total. The van der Waals surface area contributed by atoms with Crippen molar-refractivity contribution in [2.45, 2.75) is 6.54 Å². The Kier molecular flexibility index (Phi) is 5.12. The average molecular weight is 454 g/mol. The van der Waals surface area contributed by atoms with Crippen LogP contribution in [0.4, 0.5) is 5.00 Å². The summed E-state index contributed by atoms with van der Waals surface area (Å²) in [6.45, 7) is 4.43. The van der Waals surface area contributed by atoms with E-state index in [9.17, 15) is 14.4 Å². The van der Waals surface area contributed by atoms with E-state index in [1.165, 1.54) is 23.5 Å². The van der Waals surface area contributed by atoms with Crippen LogP contribution in [-0.2, 0) is 6.54 Å². The Morgan fingerprint density at radius 3 is 2.68 bits per heavy atom. The first-order valence-electron chi connectivity index (χ1n) is 9.86. The summed E-state index contributed by atoms with van der Waals surface area (Å²) in [6, 6.07) is 5.62. The van der Waals surface area contributed by atoms with Crippen molar-refractivity contribution in [3.63, 3.8) is 0 Å². The minimum Gasteiger partial charge on any atom is -0.361 e. The molecular formula is C21H19N5O3S2. The van der Waals surface area contributed by atoms with Gasteiger partial charge in [-0.2, -0.15) is 0 Å². The van der Waals surface area contributed by atoms with Crippen molar-refractivity contribution in [2.75, 3.05) is 38.1 Å². The predicted octanol–water partition coefficient (Wildman–Crippen LogP) is 2.06. The Bertz CT molecular complexity index is 1140. The van der Waals surface area contributed by atoms with Crippen LogP contribution < -0.4 is 10.2 Å². The molecule has 0 saturated carbocycles. The molecular weight excluding hydrogens is 434 g/mol. The molecule has 1 saturated heterocycles. The molecule has 0 spiro atoms. The van der Waals surface area contributed by atoms with Gasteiger partial charge in [0.05, 0.1) is 17.1 Å². The van der Waals surface area contributed by atoms with Crippen LogP contribution in [0.2, 0.25) is 0 Å². The lowest BCUT2D eigenvalue weighted by Crippen LogP contribution is -2.44. The molecule has 158 valence electrons. The van der Waals surface area contributed by atoms with E-state index in [0.29, 0.717) is 12.1 Å². The van der Waals surface area contributed by atoms with Gasteiger partial charge < -0.3 is 15.1 Å². The van der Waals surface area contributed by atoms with Crippen LogP contribution in [0.15, 0.2) is 30.6 Å². The van der Waals surface area contributed by atoms with Crippen molar-refractivity contribution >= 4 is 45.1 Å². The third kappa shape index (κ3) is 3.67. The number of carbonyl (C=O) groups excluding carboxylic acids is 3. The summed E-state index contributed by atoms with van der Waals surface area (Å²) in [5.74, 6) is -1.06. The number of fused-ring (bicyclic) bond motifs is 2. The third-order valence-corrected chi connectivity index (χ3v) is 7.64. The highest BCUT2D eigenvalue weighted by molar-refractivity contribution is 7.16. The molecule has 31 heavy (non-hydrogen) atoms. The normalized spacial score (nSPS) is 16.2. The Hall–Kier alpha value is -2.95. The van der Waals surface area contributed by atoms with Crippen molar-refractivity contribution in [1.29, 1.82) is 0 Å². The number of pyridine rings is 1. The van der Waals surface area contributed by atoms with E-state index in [-0.39, 0.29) is 32.7 Å². The van der Waals surface area contributed by atoms with Gasteiger partial charge in [-0.15, -0.1) is 22.7 Å². The molecule has 1 aliphatic heterocycles. The molecule has 10 heteroatoms. The van der Waals surface area contributed by atoms with Crippen molar-refractivity contribution in [3.8, 4) is 0 Å². The number of amides is 1. The first-order chi connectivity index (χ1) is 15.0. The molecule has 0 aromatic carbocycles. The number of likely N-dealkylation sites (N-methyl/N-ethyl adjacent to an activating group) is 1. The van der Waals surface area contributed by atoms with Gasteiger partial charge in [0.15, 0.2) is 5.01 Å². The first kappa shape index (κ1) is 20.0. The van der Waals surface area contributed by atoms with E-state index in [0.717, 1.165) is 42.4 Å². The minimum absolute atomic E-state index is 0.0362. The summed E-state index contributed by atoms with van der Waals surface area (Å²) >= 11 is 2.62. The van der Waals surface area contributed by atoms with E-state index in [4.69, 9.17) is 0 Å². The zero-order valence-corrected chi connectivity index (χ0v) is 18.4. The molecule has 1 amide bonds. The van der Waals surface area contributed by atoms with E-state index < -0.39 is 5.91 Å². The molecule has 0 bridgehead atoms. The molecule has 0 unspecified atom stereocenters. The van der Waals surface area contributed by atoms with Crippen LogP contribution in [-0.4, -0.2) is 65.6 Å². The number of rotatable bonds is 4. The summed E-state index contributed by atoms with van der Waals surface area (Å²) in [5, 5.41) is 4.17. The minimum atomic E-state index is -0.392. The number of thiophene rings is 1. The maximum Gasteiger partial charge on any atom is 0.280 e. The van der Waals surface area contributed by atoms with E-state index in [1.54, 1.807) is 11.3 Å². The topological polar surface area (TPSA) is 95.5 Å². The molecule has 1 fully saturated rings. The summed E-state index contributed by atoms with van der Waals surface area (Å²) < 4.78 is 0. The summed E-state index contributed by atoms with van der Waals surface area (Å²) in [4.78, 5) is 52.0. The van der Waals surface area contributed by atoms with Crippen molar-refractivity contribution < 1.29 is 14.4 Å². The Morgan fingerprint density at radius 1 is 1.06 bits per heavy atom. The molecule has 0 radical (unpaired) electrons. The van der Waals surface area contributed by atoms with Crippen molar-refractivity contribution in [1.82, 2.24) is 20.2 Å². The lowest BCUT2D eigenvalue weighted by Gasteiger charge is -2.32. The smallest absolute Gasteiger partial charge is 0.280 e. The van der Waals surface area contributed by atoms with Gasteiger partial charge >= 0.3 is 0 Å². The number of hydrogen-bond donors (Lipinski definition) is 1. The highest BCUT2D eigenvalue weighted by atomic mass is 32.1. The van der Waals surface area contributed by atoms with Crippen molar-refractivity contribution in [2.24, 2.45) is 0 Å². The van der Waals surface area contributed by atoms with Gasteiger partial charge in [-0.1, -0.05) is 0 Å². The first-order valence-corrected chi connectivity index (χ1v) is 11.5. The number of thiazole rings is 1. The standard InChI is InChI=1S/C21H19N5O3S2/c1-25-6-8-26(9-7-25)15-3-2-12(30-15)10-23-20(29)21-24-16-17(27)14-11-22-5-4-13(14)18(28)19(16)31-21/h2-5,11H,6-10H2,1H3,(H,23,29). The fourth-order valence-corrected chi connectivity index (χ4v) is 5.58. The van der Waals surface area contributed by atoms with Crippen molar-refractivity contribution in [3.05, 3.63) is 62.2 Å². The van der Waals surface area contributed by atoms with Gasteiger partial charge in [0, 0.05) is 49.0 Å². The lowest BCUT2D eigenvalue weighted by molar-refractivity contribution is 0.0949. The highest BCUT2D eigenvalue weighted by Crippen LogP contribution is 2.31. The molecule has 5 rings (SSSR count). The second-order valence-corrected chi connectivity index (χ2v) is 9.64. The quantitative estimate of drug-likeness (QED) is 0.505. The molecule has 3 aromatic heterocycles. The van der Waals surface area contributed by atoms with Crippen LogP contribution in [0.25, 0.3) is 0 Å². The SMILES string of the molecule is CN1CCN(c2ccc(CNC(=O)c3nc4c(s3)C(=O)c3ccncc3C4=O)s2)CC1. The molecule has 3 aromatic rings. The fourth-order valence-electron chi connectivity index (χ4n) is 3.65. The van der Waals surface area contributed by atoms with Gasteiger partial charge in [0.2, 0.25) is 11.6 Å². The maximum atomic E-state index is 12.7. The zero-order chi connectivity index (χ0) is 21.5. The van der Waals surface area contributed by atoms with E-state index in [1.807, 2.05) is 6.07 Å². The average Bonchev–Trinajstić information content (AvgIpc) is 3.44. The van der Waals surface area contributed by atoms with Crippen LogP contribution in [0.3, 0.4) is 0 Å². The lowest BCUT2D eigenvalue weighted by atomic mass is 9.93. The highest BCUT2D eigenvalue weighted by Gasteiger charge is 2.34. The number of ketones is 2. The Balaban J connectivity index is 1.27. The van der Waals surface area contributed by atoms with Crippen LogP contribution in [0.1, 0.15) is 46.0 Å². The number of piperazine rings is 1. The summed E-state index contributed by atoms with van der Waals surface area (Å²) in [7, 11) is 2.12. The number of aromatic nitrogens is 2. The predicted molar refractivity (Wildman–Crippen MR) is 118 cm³/mol. The van der Waals surface area contributed by atoms with Crippen LogP contribution in [0.5, 0.6) is 0 Å². The van der Waals surface area contributed by atoms with Gasteiger partial charge in [0.1, 0.15) is 10.6 Å². The molecule has 1 aliphatic carbocycles. The molecule has 0 atom stereocenters. The Morgan fingerprint density at radius 2 is 1.87 bits per heavy atom. The second kappa shape index (κ2) is 7.95. The number of nitrogens with one attached hydrogen (secondary N) is 1. The summed E-state index contributed by atoms with van der Waals surface area (Å²) in [6.07, 6.45) is 2.84. The number of hydrogen-bond acceptors (Lipinski definition) is 9. The molecule has 2 aliphatic rings. The molecule has 4 heterocycles. The third-order valence-electron chi connectivity index (χ3n) is 5.44. The maximum absolute atomic E-state index is 12.7. The van der Waals surface area contributed by atoms with E-state index >= 15 is 0 Å². The van der Waals surface area contributed by atoms with Crippen LogP contribution >= 0.6 is 22.7 Å². The van der Waals surface area contributed by atoms with Gasteiger partial charge in [-0.05, 0) is 25.2 Å². The number of anilines is 1. The summed E-state index contributed by atoms with van der Waals surface area (Å²) in [5.41, 5.74) is 0.569. The fraction of sp³-hybridized carbons (Fsp3) is 0.286. The molecule has 8 nitrogen and oxygen atoms in total. The van der Waals surface area contributed by atoms with Crippen LogP contribution in [0, 0.1) is 0 Å². The van der Waals surface area contributed by atoms with Gasteiger partial charge in [-0.3, -0.25) is 19.4 Å². The van der Waals surface area contributed by atoms with Gasteiger partial charge in [0.25, 0.3) is 5.91 Å². The number of carbonyl (C=O) groups is 3. The monoisotopic (exact) mass is 453 g/mol. The van der Waals surface area contributed by atoms with Gasteiger partial charge in [-0.25, -0.2) is 4.98 Å². The largest absolute Gasteiger partial charge is 0.361 e. The zero-order valence-electron chi connectivity index (χ0n) is 16.8. The van der Waals surface area contributed by atoms with E-state index in [2.05, 4.69) is 38.2 Å². The Labute approximate surface area is 186 Å². The number of nitrogens with zero attached hydrogens (tertiary/aromatic N) is 4.